The van der Waals surface area contributed by atoms with Gasteiger partial charge in [0.25, 0.3) is 0 Å². The zero-order valence-corrected chi connectivity index (χ0v) is 17.3. The first-order valence-corrected chi connectivity index (χ1v) is 10.3. The summed E-state index contributed by atoms with van der Waals surface area (Å²) in [6.45, 7) is 6.84. The molecule has 0 heterocycles. The van der Waals surface area contributed by atoms with Crippen LogP contribution in [0.15, 0.2) is 12.2 Å². The summed E-state index contributed by atoms with van der Waals surface area (Å²) in [5.74, 6) is 2.16. The van der Waals surface area contributed by atoms with Crippen molar-refractivity contribution in [3.63, 3.8) is 0 Å². The maximum absolute atomic E-state index is 12.5. The number of amides is 1. The Morgan fingerprint density at radius 1 is 1.19 bits per heavy atom. The van der Waals surface area contributed by atoms with Crippen LogP contribution in [0.25, 0.3) is 0 Å². The average molecular weight is 364 g/mol. The van der Waals surface area contributed by atoms with E-state index in [1.807, 2.05) is 7.05 Å². The van der Waals surface area contributed by atoms with Gasteiger partial charge in [-0.3, -0.25) is 9.59 Å². The van der Waals surface area contributed by atoms with Gasteiger partial charge in [-0.2, -0.15) is 0 Å². The lowest BCUT2D eigenvalue weighted by molar-refractivity contribution is -0.161. The molecule has 3 aliphatic carbocycles. The van der Waals surface area contributed by atoms with Crippen LogP contribution in [0.3, 0.4) is 0 Å². The molecule has 2 bridgehead atoms. The minimum absolute atomic E-state index is 0.135. The number of hydrogen-bond donors (Lipinski definition) is 0. The van der Waals surface area contributed by atoms with Gasteiger partial charge in [0.15, 0.2) is 0 Å². The number of carbonyl (C=O) groups is 2. The second-order valence-electron chi connectivity index (χ2n) is 8.78. The molecule has 3 fully saturated rings. The molecular weight excluding hydrogens is 326 g/mol. The monoisotopic (exact) mass is 363 g/mol. The van der Waals surface area contributed by atoms with Crippen LogP contribution in [0, 0.1) is 23.2 Å². The third-order valence-electron chi connectivity index (χ3n) is 6.92. The summed E-state index contributed by atoms with van der Waals surface area (Å²) in [6, 6.07) is 0.369. The zero-order chi connectivity index (χ0) is 19.3. The van der Waals surface area contributed by atoms with Crippen LogP contribution in [0.4, 0.5) is 0 Å². The standard InChI is InChI=1S/C22H37NO3/c1-6-11-19(24)23(4)21-16(14-17-15-18(21)22(17,2)3)12-9-7-8-10-13-20(25)26-5/h7,9,16-18,21H,6,8,10-15H2,1-5H3/b9-7-/t16-,17-,18-,21?/m0/s1. The number of nitrogens with zero attached hydrogens (tertiary/aromatic N) is 1. The van der Waals surface area contributed by atoms with Crippen LogP contribution in [-0.2, 0) is 14.3 Å². The molecule has 26 heavy (non-hydrogen) atoms. The predicted molar refractivity (Wildman–Crippen MR) is 105 cm³/mol. The van der Waals surface area contributed by atoms with E-state index in [1.165, 1.54) is 20.0 Å². The minimum atomic E-state index is -0.135. The molecule has 4 atom stereocenters. The third kappa shape index (κ3) is 4.50. The van der Waals surface area contributed by atoms with Crippen molar-refractivity contribution >= 4 is 11.9 Å². The Morgan fingerprint density at radius 3 is 2.54 bits per heavy atom. The van der Waals surface area contributed by atoms with Crippen LogP contribution in [0.5, 0.6) is 0 Å². The molecule has 3 aliphatic rings. The molecule has 3 rings (SSSR count). The largest absolute Gasteiger partial charge is 0.469 e. The first-order valence-electron chi connectivity index (χ1n) is 10.3. The summed E-state index contributed by atoms with van der Waals surface area (Å²) >= 11 is 0. The summed E-state index contributed by atoms with van der Waals surface area (Å²) in [7, 11) is 3.45. The Bertz CT molecular complexity index is 525. The normalized spacial score (nSPS) is 29.3. The van der Waals surface area contributed by atoms with Crippen molar-refractivity contribution in [2.75, 3.05) is 14.2 Å². The zero-order valence-electron chi connectivity index (χ0n) is 17.3. The van der Waals surface area contributed by atoms with Crippen LogP contribution < -0.4 is 0 Å². The van der Waals surface area contributed by atoms with Gasteiger partial charge in [-0.05, 0) is 61.7 Å². The Labute approximate surface area is 159 Å². The smallest absolute Gasteiger partial charge is 0.305 e. The lowest BCUT2D eigenvalue weighted by Crippen LogP contribution is -2.63. The molecule has 0 saturated heterocycles. The lowest BCUT2D eigenvalue weighted by atomic mass is 9.44. The maximum Gasteiger partial charge on any atom is 0.305 e. The van der Waals surface area contributed by atoms with E-state index >= 15 is 0 Å². The summed E-state index contributed by atoms with van der Waals surface area (Å²) in [5.41, 5.74) is 0.367. The van der Waals surface area contributed by atoms with Gasteiger partial charge in [0.2, 0.25) is 5.91 Å². The Morgan fingerprint density at radius 2 is 1.92 bits per heavy atom. The molecule has 4 heteroatoms. The van der Waals surface area contributed by atoms with Gasteiger partial charge in [0.1, 0.15) is 0 Å². The topological polar surface area (TPSA) is 46.6 Å². The van der Waals surface area contributed by atoms with Gasteiger partial charge >= 0.3 is 5.97 Å². The van der Waals surface area contributed by atoms with E-state index < -0.39 is 0 Å². The van der Waals surface area contributed by atoms with Gasteiger partial charge in [0.05, 0.1) is 7.11 Å². The van der Waals surface area contributed by atoms with E-state index in [9.17, 15) is 9.59 Å². The van der Waals surface area contributed by atoms with Crippen molar-refractivity contribution in [3.05, 3.63) is 12.2 Å². The van der Waals surface area contributed by atoms with Crippen LogP contribution in [0.2, 0.25) is 0 Å². The van der Waals surface area contributed by atoms with Gasteiger partial charge in [-0.15, -0.1) is 0 Å². The molecule has 0 radical (unpaired) electrons. The molecule has 148 valence electrons. The van der Waals surface area contributed by atoms with Crippen LogP contribution in [0.1, 0.15) is 72.1 Å². The number of esters is 1. The highest BCUT2D eigenvalue weighted by Crippen LogP contribution is 2.62. The fourth-order valence-corrected chi connectivity index (χ4v) is 5.10. The number of allylic oxidation sites excluding steroid dienone is 2. The fraction of sp³-hybridized carbons (Fsp3) is 0.818. The number of unbranched alkanes of at least 4 members (excludes halogenated alkanes) is 1. The molecule has 1 unspecified atom stereocenters. The highest BCUT2D eigenvalue weighted by atomic mass is 16.5. The van der Waals surface area contributed by atoms with E-state index in [2.05, 4.69) is 42.6 Å². The van der Waals surface area contributed by atoms with E-state index in [4.69, 9.17) is 0 Å². The fourth-order valence-electron chi connectivity index (χ4n) is 5.10. The number of ether oxygens (including phenoxy) is 1. The van der Waals surface area contributed by atoms with Gasteiger partial charge in [-0.25, -0.2) is 0 Å². The van der Waals surface area contributed by atoms with Crippen molar-refractivity contribution in [1.29, 1.82) is 0 Å². The second-order valence-corrected chi connectivity index (χ2v) is 8.78. The Hall–Kier alpha value is -1.32. The molecule has 0 aliphatic heterocycles. The molecule has 3 saturated carbocycles. The first-order chi connectivity index (χ1) is 12.3. The molecule has 0 spiro atoms. The van der Waals surface area contributed by atoms with Gasteiger partial charge < -0.3 is 9.64 Å². The highest BCUT2D eigenvalue weighted by molar-refractivity contribution is 5.76. The summed E-state index contributed by atoms with van der Waals surface area (Å²) in [5, 5.41) is 0. The molecule has 0 N–H and O–H groups in total. The summed E-state index contributed by atoms with van der Waals surface area (Å²) in [4.78, 5) is 25.7. The van der Waals surface area contributed by atoms with Crippen molar-refractivity contribution in [3.8, 4) is 0 Å². The van der Waals surface area contributed by atoms with Crippen molar-refractivity contribution in [2.24, 2.45) is 23.2 Å². The number of rotatable bonds is 9. The summed E-state index contributed by atoms with van der Waals surface area (Å²) < 4.78 is 4.67. The molecule has 1 amide bonds. The quantitative estimate of drug-likeness (QED) is 0.342. The third-order valence-corrected chi connectivity index (χ3v) is 6.92. The molecule has 4 nitrogen and oxygen atoms in total. The van der Waals surface area contributed by atoms with E-state index in [-0.39, 0.29) is 5.97 Å². The van der Waals surface area contributed by atoms with Crippen molar-refractivity contribution < 1.29 is 14.3 Å². The number of methoxy groups -OCH3 is 1. The maximum atomic E-state index is 12.5. The summed E-state index contributed by atoms with van der Waals surface area (Å²) in [6.07, 6.45) is 11.8. The number of fused-ring (bicyclic) bond motifs is 2. The SMILES string of the molecule is CCCC(=O)N(C)C1[C@@H](C/C=C\CCCC(=O)OC)C[C@H]2C[C@@H]1C2(C)C. The number of hydrogen-bond acceptors (Lipinski definition) is 3. The minimum Gasteiger partial charge on any atom is -0.469 e. The lowest BCUT2D eigenvalue weighted by Gasteiger charge is -2.64. The van der Waals surface area contributed by atoms with Crippen molar-refractivity contribution in [1.82, 2.24) is 4.90 Å². The first kappa shape index (κ1) is 21.0. The molecule has 0 aromatic carbocycles. The molecule has 0 aromatic rings. The van der Waals surface area contributed by atoms with E-state index in [0.29, 0.717) is 42.0 Å². The van der Waals surface area contributed by atoms with E-state index in [1.54, 1.807) is 0 Å². The number of carbonyl (C=O) groups excluding carboxylic acids is 2. The van der Waals surface area contributed by atoms with Crippen molar-refractivity contribution in [2.45, 2.75) is 78.2 Å². The van der Waals surface area contributed by atoms with Gasteiger partial charge in [-0.1, -0.05) is 32.9 Å². The second kappa shape index (κ2) is 9.05. The predicted octanol–water partition coefficient (Wildman–Crippen LogP) is 4.59. The van der Waals surface area contributed by atoms with Crippen LogP contribution in [-0.4, -0.2) is 37.0 Å². The molecular formula is C22H37NO3. The van der Waals surface area contributed by atoms with Crippen LogP contribution >= 0.6 is 0 Å². The average Bonchev–Trinajstić information content (AvgIpc) is 2.63. The Kier molecular flexibility index (Phi) is 7.31. The van der Waals surface area contributed by atoms with Gasteiger partial charge in [0, 0.05) is 25.9 Å². The Balaban J connectivity index is 1.93. The highest BCUT2D eigenvalue weighted by Gasteiger charge is 2.58. The van der Waals surface area contributed by atoms with E-state index in [0.717, 1.165) is 31.6 Å². The molecule has 0 aromatic heterocycles.